The number of aryl methyl sites for hydroxylation is 1. The lowest BCUT2D eigenvalue weighted by atomic mass is 9.99. The van der Waals surface area contributed by atoms with E-state index in [2.05, 4.69) is 18.6 Å². The first kappa shape index (κ1) is 16.1. The van der Waals surface area contributed by atoms with Crippen molar-refractivity contribution in [3.8, 4) is 11.5 Å². The third-order valence-electron chi connectivity index (χ3n) is 3.02. The molecule has 0 fully saturated rings. The molecule has 110 valence electrons. The van der Waals surface area contributed by atoms with Crippen molar-refractivity contribution >= 4 is 12.0 Å². The molecule has 0 unspecified atom stereocenters. The summed E-state index contributed by atoms with van der Waals surface area (Å²) >= 11 is 0. The van der Waals surface area contributed by atoms with E-state index in [0.717, 1.165) is 18.4 Å². The summed E-state index contributed by atoms with van der Waals surface area (Å²) in [6.07, 6.45) is 4.72. The third-order valence-corrected chi connectivity index (χ3v) is 3.02. The minimum Gasteiger partial charge on any atom is -0.507 e. The number of phenols is 1. The van der Waals surface area contributed by atoms with Crippen LogP contribution in [0.3, 0.4) is 0 Å². The van der Waals surface area contributed by atoms with E-state index in [0.29, 0.717) is 17.2 Å². The topological polar surface area (TPSA) is 55.8 Å². The van der Waals surface area contributed by atoms with Crippen LogP contribution in [0, 0.1) is 5.92 Å². The van der Waals surface area contributed by atoms with Gasteiger partial charge in [-0.25, -0.2) is 4.79 Å². The van der Waals surface area contributed by atoms with E-state index < -0.39 is 5.97 Å². The number of aromatic hydroxyl groups is 1. The maximum Gasteiger partial charge on any atom is 0.330 e. The highest BCUT2D eigenvalue weighted by atomic mass is 16.5. The molecule has 0 aliphatic heterocycles. The fourth-order valence-electron chi connectivity index (χ4n) is 1.82. The molecule has 20 heavy (non-hydrogen) atoms. The molecule has 0 aliphatic rings. The molecule has 0 atom stereocenters. The number of benzene rings is 1. The van der Waals surface area contributed by atoms with Gasteiger partial charge in [0.1, 0.15) is 11.5 Å². The van der Waals surface area contributed by atoms with Gasteiger partial charge in [0.15, 0.2) is 0 Å². The smallest absolute Gasteiger partial charge is 0.330 e. The molecule has 0 aliphatic carbocycles. The van der Waals surface area contributed by atoms with Crippen molar-refractivity contribution in [3.63, 3.8) is 0 Å². The van der Waals surface area contributed by atoms with E-state index in [9.17, 15) is 9.90 Å². The Balaban J connectivity index is 3.03. The second-order valence-electron chi connectivity index (χ2n) is 5.01. The molecule has 0 bridgehead atoms. The van der Waals surface area contributed by atoms with Crippen molar-refractivity contribution < 1.29 is 19.4 Å². The predicted molar refractivity (Wildman–Crippen MR) is 78.9 cm³/mol. The Hall–Kier alpha value is -1.97. The maximum atomic E-state index is 11.1. The number of methoxy groups -OCH3 is 2. The van der Waals surface area contributed by atoms with Crippen LogP contribution in [0.15, 0.2) is 18.2 Å². The lowest BCUT2D eigenvalue weighted by Crippen LogP contribution is -1.97. The molecular weight excluding hydrogens is 256 g/mol. The Morgan fingerprint density at radius 2 is 2.05 bits per heavy atom. The van der Waals surface area contributed by atoms with Gasteiger partial charge in [0, 0.05) is 17.7 Å². The second-order valence-corrected chi connectivity index (χ2v) is 5.01. The Morgan fingerprint density at radius 3 is 2.60 bits per heavy atom. The Morgan fingerprint density at radius 1 is 1.35 bits per heavy atom. The van der Waals surface area contributed by atoms with Crippen molar-refractivity contribution in [1.29, 1.82) is 0 Å². The fraction of sp³-hybridized carbons (Fsp3) is 0.438. The van der Waals surface area contributed by atoms with Gasteiger partial charge in [-0.05, 0) is 36.5 Å². The molecule has 0 saturated heterocycles. The highest BCUT2D eigenvalue weighted by molar-refractivity contribution is 5.87. The van der Waals surface area contributed by atoms with Crippen LogP contribution in [0.2, 0.25) is 0 Å². The summed E-state index contributed by atoms with van der Waals surface area (Å²) < 4.78 is 9.82. The van der Waals surface area contributed by atoms with Crippen molar-refractivity contribution in [2.24, 2.45) is 5.92 Å². The monoisotopic (exact) mass is 278 g/mol. The lowest BCUT2D eigenvalue weighted by molar-refractivity contribution is -0.134. The molecule has 0 aromatic heterocycles. The molecule has 1 aromatic rings. The van der Waals surface area contributed by atoms with Crippen molar-refractivity contribution in [2.75, 3.05) is 14.2 Å². The number of phenolic OH excluding ortho intramolecular Hbond substituents is 1. The van der Waals surface area contributed by atoms with Crippen molar-refractivity contribution in [1.82, 2.24) is 0 Å². The minimum absolute atomic E-state index is 0.0790. The van der Waals surface area contributed by atoms with Crippen LogP contribution < -0.4 is 4.74 Å². The molecule has 0 amide bonds. The van der Waals surface area contributed by atoms with Crippen LogP contribution >= 0.6 is 0 Å². The van der Waals surface area contributed by atoms with Crippen LogP contribution in [0.4, 0.5) is 0 Å². The summed E-state index contributed by atoms with van der Waals surface area (Å²) in [4.78, 5) is 11.1. The normalized spacial score (nSPS) is 11.1. The van der Waals surface area contributed by atoms with Crippen LogP contribution in [0.1, 0.15) is 31.4 Å². The molecule has 1 rings (SSSR count). The van der Waals surface area contributed by atoms with E-state index in [4.69, 9.17) is 4.74 Å². The van der Waals surface area contributed by atoms with Gasteiger partial charge in [-0.2, -0.15) is 0 Å². The summed E-state index contributed by atoms with van der Waals surface area (Å²) in [5, 5.41) is 9.93. The highest BCUT2D eigenvalue weighted by Crippen LogP contribution is 2.30. The Bertz CT molecular complexity index is 489. The molecule has 1 N–H and O–H groups in total. The Kier molecular flexibility index (Phi) is 6.10. The standard InChI is InChI=1S/C16H22O4/c1-11(2)5-6-13-9-12(7-8-16(18)20-4)14(17)10-15(13)19-3/h7-11,17H,5-6H2,1-4H3/b8-7-. The average Bonchev–Trinajstić information content (AvgIpc) is 2.43. The first-order chi connectivity index (χ1) is 9.47. The predicted octanol–water partition coefficient (Wildman–Crippen LogP) is 3.18. The molecule has 0 heterocycles. The van der Waals surface area contributed by atoms with Crippen LogP contribution in [-0.4, -0.2) is 25.3 Å². The van der Waals surface area contributed by atoms with E-state index in [1.807, 2.05) is 6.07 Å². The molecule has 4 nitrogen and oxygen atoms in total. The van der Waals surface area contributed by atoms with Gasteiger partial charge < -0.3 is 14.6 Å². The van der Waals surface area contributed by atoms with Gasteiger partial charge in [-0.1, -0.05) is 13.8 Å². The minimum atomic E-state index is -0.455. The molecular formula is C16H22O4. The molecule has 0 saturated carbocycles. The maximum absolute atomic E-state index is 11.1. The first-order valence-corrected chi connectivity index (χ1v) is 6.63. The van der Waals surface area contributed by atoms with Crippen LogP contribution in [-0.2, 0) is 16.0 Å². The molecule has 0 spiro atoms. The summed E-state index contributed by atoms with van der Waals surface area (Å²) in [5.74, 6) is 0.875. The fourth-order valence-corrected chi connectivity index (χ4v) is 1.82. The molecule has 1 aromatic carbocycles. The van der Waals surface area contributed by atoms with Crippen LogP contribution in [0.25, 0.3) is 6.08 Å². The van der Waals surface area contributed by atoms with Gasteiger partial charge in [-0.3, -0.25) is 0 Å². The summed E-state index contributed by atoms with van der Waals surface area (Å²) in [5.41, 5.74) is 1.60. The van der Waals surface area contributed by atoms with Gasteiger partial charge in [0.05, 0.1) is 14.2 Å². The van der Waals surface area contributed by atoms with Gasteiger partial charge in [0.25, 0.3) is 0 Å². The number of ether oxygens (including phenoxy) is 2. The molecule has 0 radical (unpaired) electrons. The number of carbonyl (C=O) groups is 1. The Labute approximate surface area is 120 Å². The van der Waals surface area contributed by atoms with Crippen LogP contribution in [0.5, 0.6) is 11.5 Å². The first-order valence-electron chi connectivity index (χ1n) is 6.63. The van der Waals surface area contributed by atoms with Gasteiger partial charge in [0.2, 0.25) is 0 Å². The van der Waals surface area contributed by atoms with E-state index in [1.54, 1.807) is 19.3 Å². The lowest BCUT2D eigenvalue weighted by Gasteiger charge is -2.12. The zero-order valence-electron chi connectivity index (χ0n) is 12.5. The zero-order valence-corrected chi connectivity index (χ0v) is 12.5. The number of rotatable bonds is 6. The quantitative estimate of drug-likeness (QED) is 0.641. The van der Waals surface area contributed by atoms with E-state index >= 15 is 0 Å². The van der Waals surface area contributed by atoms with E-state index in [1.165, 1.54) is 13.2 Å². The van der Waals surface area contributed by atoms with Crippen molar-refractivity contribution in [2.45, 2.75) is 26.7 Å². The van der Waals surface area contributed by atoms with E-state index in [-0.39, 0.29) is 5.75 Å². The zero-order chi connectivity index (χ0) is 15.1. The van der Waals surface area contributed by atoms with Gasteiger partial charge >= 0.3 is 5.97 Å². The largest absolute Gasteiger partial charge is 0.507 e. The number of esters is 1. The number of carbonyl (C=O) groups excluding carboxylic acids is 1. The van der Waals surface area contributed by atoms with Gasteiger partial charge in [-0.15, -0.1) is 0 Å². The highest BCUT2D eigenvalue weighted by Gasteiger charge is 2.09. The average molecular weight is 278 g/mol. The third kappa shape index (κ3) is 4.61. The summed E-state index contributed by atoms with van der Waals surface area (Å²) in [6.45, 7) is 4.32. The van der Waals surface area contributed by atoms with Crippen molar-refractivity contribution in [3.05, 3.63) is 29.3 Å². The second kappa shape index (κ2) is 7.58. The molecule has 4 heteroatoms. The SMILES string of the molecule is COC(=O)/C=C\c1cc(CCC(C)C)c(OC)cc1O. The summed E-state index contributed by atoms with van der Waals surface area (Å²) in [6, 6.07) is 3.42. The number of hydrogen-bond donors (Lipinski definition) is 1. The summed E-state index contributed by atoms with van der Waals surface area (Å²) in [7, 11) is 2.90. The number of hydrogen-bond acceptors (Lipinski definition) is 4.